The van der Waals surface area contributed by atoms with Crippen molar-refractivity contribution in [2.24, 2.45) is 5.92 Å². The molecule has 210 valence electrons. The molecule has 4 nitrogen and oxygen atoms in total. The fraction of sp³-hybridized carbons (Fsp3) is 0.400. The average Bonchev–Trinajstić information content (AvgIpc) is 2.89. The highest BCUT2D eigenvalue weighted by atomic mass is 31.2. The second kappa shape index (κ2) is 11.8. The van der Waals surface area contributed by atoms with Crippen LogP contribution < -0.4 is 10.0 Å². The van der Waals surface area contributed by atoms with Gasteiger partial charge < -0.3 is 14.5 Å². The lowest BCUT2D eigenvalue weighted by Gasteiger charge is -2.29. The molecule has 1 saturated carbocycles. The number of unbranched alkanes of at least 4 members (excludes halogenated alkanes) is 1. The van der Waals surface area contributed by atoms with Gasteiger partial charge in [0.2, 0.25) is 5.82 Å². The molecule has 0 bridgehead atoms. The molecule has 1 fully saturated rings. The highest BCUT2D eigenvalue weighted by Crippen LogP contribution is 2.42. The second-order valence-electron chi connectivity index (χ2n) is 10.5. The van der Waals surface area contributed by atoms with Gasteiger partial charge in [-0.05, 0) is 92.3 Å². The molecule has 0 amide bonds. The van der Waals surface area contributed by atoms with Gasteiger partial charge in [-0.1, -0.05) is 38.3 Å². The summed E-state index contributed by atoms with van der Waals surface area (Å²) in [6.07, 6.45) is 6.94. The van der Waals surface area contributed by atoms with Crippen LogP contribution in [0.15, 0.2) is 36.4 Å². The van der Waals surface area contributed by atoms with Crippen LogP contribution in [0.25, 0.3) is 11.1 Å². The van der Waals surface area contributed by atoms with E-state index in [9.17, 15) is 14.4 Å². The quantitative estimate of drug-likeness (QED) is 0.212. The minimum Gasteiger partial charge on any atom is -0.454 e. The SMILES string of the molecule is CCCCC1CCC(c2ccc(-c3ccc(Oc4c(C)cc(P(=O)(O)O)cc4C)c(F)c3F)c(F)c2F)CC1. The van der Waals surface area contributed by atoms with Gasteiger partial charge in [0.15, 0.2) is 23.2 Å². The average molecular weight is 565 g/mol. The summed E-state index contributed by atoms with van der Waals surface area (Å²) >= 11 is 0. The monoisotopic (exact) mass is 564 g/mol. The summed E-state index contributed by atoms with van der Waals surface area (Å²) in [7, 11) is -4.52. The number of hydrogen-bond donors (Lipinski definition) is 2. The van der Waals surface area contributed by atoms with Crippen molar-refractivity contribution in [1.29, 1.82) is 0 Å². The van der Waals surface area contributed by atoms with Crippen molar-refractivity contribution in [3.8, 4) is 22.6 Å². The Morgan fingerprint density at radius 1 is 0.846 bits per heavy atom. The number of rotatable bonds is 8. The first-order valence-corrected chi connectivity index (χ1v) is 14.8. The van der Waals surface area contributed by atoms with Crippen LogP contribution in [0.3, 0.4) is 0 Å². The lowest BCUT2D eigenvalue weighted by Crippen LogP contribution is -2.15. The van der Waals surface area contributed by atoms with E-state index in [1.165, 1.54) is 44.5 Å². The zero-order valence-corrected chi connectivity index (χ0v) is 23.1. The van der Waals surface area contributed by atoms with E-state index in [1.54, 1.807) is 0 Å². The summed E-state index contributed by atoms with van der Waals surface area (Å²) in [5.74, 6) is -4.91. The van der Waals surface area contributed by atoms with Gasteiger partial charge in [-0.25, -0.2) is 13.2 Å². The molecule has 1 aliphatic carbocycles. The fourth-order valence-electron chi connectivity index (χ4n) is 5.53. The van der Waals surface area contributed by atoms with E-state index in [1.807, 2.05) is 0 Å². The first kappa shape index (κ1) is 29.3. The largest absolute Gasteiger partial charge is 0.454 e. The van der Waals surface area contributed by atoms with Crippen LogP contribution in [0.2, 0.25) is 0 Å². The van der Waals surface area contributed by atoms with E-state index in [2.05, 4.69) is 6.92 Å². The number of benzene rings is 3. The molecule has 0 spiro atoms. The lowest BCUT2D eigenvalue weighted by molar-refractivity contribution is 0.299. The summed E-state index contributed by atoms with van der Waals surface area (Å²) < 4.78 is 77.7. The van der Waals surface area contributed by atoms with Gasteiger partial charge >= 0.3 is 7.60 Å². The van der Waals surface area contributed by atoms with Crippen molar-refractivity contribution < 1.29 is 36.7 Å². The number of aryl methyl sites for hydroxylation is 2. The Morgan fingerprint density at radius 3 is 1.97 bits per heavy atom. The standard InChI is InChI=1S/C30H33F4O4P/c1-4-5-6-19-7-9-20(10-8-19)22-11-12-23(27(32)26(22)31)24-13-14-25(29(34)28(24)33)38-30-17(2)15-21(16-18(30)3)39(35,36)37/h11-16,19-20H,4-10H2,1-3H3,(H2,35,36,37). The maximum Gasteiger partial charge on any atom is 0.356 e. The highest BCUT2D eigenvalue weighted by Gasteiger charge is 2.28. The van der Waals surface area contributed by atoms with Gasteiger partial charge in [-0.15, -0.1) is 0 Å². The minimum absolute atomic E-state index is 0.101. The van der Waals surface area contributed by atoms with Gasteiger partial charge in [-0.2, -0.15) is 4.39 Å². The third kappa shape index (κ3) is 6.24. The molecule has 3 aromatic rings. The summed E-state index contributed by atoms with van der Waals surface area (Å²) in [6, 6.07) is 7.43. The maximum absolute atomic E-state index is 15.2. The van der Waals surface area contributed by atoms with Crippen LogP contribution in [-0.2, 0) is 4.57 Å². The topological polar surface area (TPSA) is 66.8 Å². The summed E-state index contributed by atoms with van der Waals surface area (Å²) in [5.41, 5.74) is 0.0712. The predicted molar refractivity (Wildman–Crippen MR) is 144 cm³/mol. The maximum atomic E-state index is 15.2. The van der Waals surface area contributed by atoms with E-state index in [0.29, 0.717) is 17.0 Å². The summed E-state index contributed by atoms with van der Waals surface area (Å²) in [6.45, 7) is 5.18. The van der Waals surface area contributed by atoms with E-state index in [4.69, 9.17) is 4.74 Å². The van der Waals surface area contributed by atoms with Crippen LogP contribution in [0.4, 0.5) is 17.6 Å². The Bertz CT molecular complexity index is 1390. The Labute approximate surface area is 226 Å². The van der Waals surface area contributed by atoms with Gasteiger partial charge in [0.1, 0.15) is 5.75 Å². The molecule has 1 aliphatic rings. The molecule has 0 aromatic heterocycles. The highest BCUT2D eigenvalue weighted by molar-refractivity contribution is 7.60. The molecule has 2 N–H and O–H groups in total. The van der Waals surface area contributed by atoms with Gasteiger partial charge in [0, 0.05) is 11.1 Å². The molecule has 9 heteroatoms. The smallest absolute Gasteiger partial charge is 0.356 e. The Balaban J connectivity index is 1.58. The normalized spacial score (nSPS) is 17.9. The Kier molecular flexibility index (Phi) is 8.89. The van der Waals surface area contributed by atoms with Crippen LogP contribution in [-0.4, -0.2) is 9.79 Å². The number of halogens is 4. The molecule has 0 radical (unpaired) electrons. The van der Waals surface area contributed by atoms with E-state index >= 15 is 17.6 Å². The molecular formula is C30H33F4O4P. The van der Waals surface area contributed by atoms with Crippen LogP contribution >= 0.6 is 7.60 Å². The number of hydrogen-bond acceptors (Lipinski definition) is 2. The molecular weight excluding hydrogens is 531 g/mol. The molecule has 0 heterocycles. The molecule has 0 unspecified atom stereocenters. The zero-order valence-electron chi connectivity index (χ0n) is 22.2. The Hall–Kier alpha value is -2.67. The second-order valence-corrected chi connectivity index (χ2v) is 12.1. The van der Waals surface area contributed by atoms with Gasteiger partial charge in [0.05, 0.1) is 5.30 Å². The third-order valence-electron chi connectivity index (χ3n) is 7.70. The zero-order chi connectivity index (χ0) is 28.5. The number of ether oxygens (including phenoxy) is 1. The van der Waals surface area contributed by atoms with Crippen molar-refractivity contribution in [3.63, 3.8) is 0 Å². The fourth-order valence-corrected chi connectivity index (χ4v) is 6.25. The predicted octanol–water partition coefficient (Wildman–Crippen LogP) is 8.59. The van der Waals surface area contributed by atoms with Crippen molar-refractivity contribution in [3.05, 3.63) is 76.4 Å². The van der Waals surface area contributed by atoms with Crippen molar-refractivity contribution in [2.75, 3.05) is 0 Å². The van der Waals surface area contributed by atoms with Gasteiger partial charge in [-0.3, -0.25) is 4.57 Å². The molecule has 0 saturated heterocycles. The van der Waals surface area contributed by atoms with Crippen LogP contribution in [0.5, 0.6) is 11.5 Å². The first-order valence-electron chi connectivity index (χ1n) is 13.2. The van der Waals surface area contributed by atoms with E-state index < -0.39 is 42.2 Å². The Morgan fingerprint density at radius 2 is 1.41 bits per heavy atom. The van der Waals surface area contributed by atoms with Crippen LogP contribution in [0.1, 0.15) is 74.5 Å². The van der Waals surface area contributed by atoms with Crippen LogP contribution in [0, 0.1) is 43.0 Å². The van der Waals surface area contributed by atoms with Crippen molar-refractivity contribution in [2.45, 2.75) is 71.6 Å². The molecule has 0 atom stereocenters. The molecule has 3 aromatic carbocycles. The minimum atomic E-state index is -4.52. The lowest BCUT2D eigenvalue weighted by atomic mass is 9.76. The third-order valence-corrected chi connectivity index (χ3v) is 8.63. The summed E-state index contributed by atoms with van der Waals surface area (Å²) in [5, 5.41) is -0.225. The first-order chi connectivity index (χ1) is 18.4. The molecule has 39 heavy (non-hydrogen) atoms. The van der Waals surface area contributed by atoms with Crippen molar-refractivity contribution in [1.82, 2.24) is 0 Å². The van der Waals surface area contributed by atoms with Gasteiger partial charge in [0.25, 0.3) is 0 Å². The summed E-state index contributed by atoms with van der Waals surface area (Å²) in [4.78, 5) is 18.8. The molecule has 4 rings (SSSR count). The molecule has 0 aliphatic heterocycles. The van der Waals surface area contributed by atoms with E-state index in [0.717, 1.165) is 50.7 Å². The van der Waals surface area contributed by atoms with Crippen molar-refractivity contribution >= 4 is 12.9 Å². The van der Waals surface area contributed by atoms with E-state index in [-0.39, 0.29) is 28.1 Å².